The van der Waals surface area contributed by atoms with E-state index < -0.39 is 52.3 Å². The van der Waals surface area contributed by atoms with E-state index in [1.165, 1.54) is 28.0 Å². The van der Waals surface area contributed by atoms with E-state index in [4.69, 9.17) is 23.1 Å². The minimum absolute atomic E-state index is 0.0166. The van der Waals surface area contributed by atoms with Crippen molar-refractivity contribution in [1.29, 1.82) is 0 Å². The number of ether oxygens (including phenoxy) is 3. The van der Waals surface area contributed by atoms with E-state index in [1.54, 1.807) is 33.9 Å². The maximum Gasteiger partial charge on any atom is 0.408 e. The van der Waals surface area contributed by atoms with Crippen molar-refractivity contribution in [3.05, 3.63) is 32.6 Å². The van der Waals surface area contributed by atoms with E-state index >= 15 is 0 Å². The van der Waals surface area contributed by atoms with Gasteiger partial charge in [-0.05, 0) is 76.1 Å². The Labute approximate surface area is 299 Å². The zero-order valence-electron chi connectivity index (χ0n) is 32.6. The highest BCUT2D eigenvalue weighted by Crippen LogP contribution is 2.42. The standard InChI is InChI=1S/C34H63N3O9SSi2/c1-23-20-37(27-19-25(46-49(14,15)34(8,9)10)26(44-27)21-43-48(12,13)33(5,6)7)31(41)36(28(23)38)17-16-18-47-22-24(29(39)42-11)35-30(40)45-32(2,3)4/h20,24-27H,16-19,21-22H2,1-15H3,(H,35,40)/t24-,25-,26+,27+/m0/s1. The molecule has 1 aliphatic heterocycles. The predicted octanol–water partition coefficient (Wildman–Crippen LogP) is 6.21. The first-order valence-electron chi connectivity index (χ1n) is 17.2. The van der Waals surface area contributed by atoms with Gasteiger partial charge >= 0.3 is 17.8 Å². The molecule has 282 valence electrons. The van der Waals surface area contributed by atoms with Crippen LogP contribution in [0.2, 0.25) is 36.3 Å². The Hall–Kier alpha value is -1.92. The molecule has 0 saturated carbocycles. The van der Waals surface area contributed by atoms with E-state index in [1.807, 2.05) is 0 Å². The molecule has 12 nitrogen and oxygen atoms in total. The van der Waals surface area contributed by atoms with Gasteiger partial charge in [0.1, 0.15) is 24.0 Å². The quantitative estimate of drug-likeness (QED) is 0.133. The zero-order chi connectivity index (χ0) is 37.8. The van der Waals surface area contributed by atoms with Crippen LogP contribution in [0.1, 0.15) is 86.9 Å². The third kappa shape index (κ3) is 12.1. The minimum atomic E-state index is -2.19. The minimum Gasteiger partial charge on any atom is -0.467 e. The molecule has 15 heteroatoms. The summed E-state index contributed by atoms with van der Waals surface area (Å²) in [5.74, 6) is 0.179. The van der Waals surface area contributed by atoms with Crippen molar-refractivity contribution in [3.63, 3.8) is 0 Å². The van der Waals surface area contributed by atoms with Gasteiger partial charge < -0.3 is 28.4 Å². The van der Waals surface area contributed by atoms with E-state index in [9.17, 15) is 19.2 Å². The first-order chi connectivity index (χ1) is 22.2. The molecule has 2 heterocycles. The predicted molar refractivity (Wildman–Crippen MR) is 201 cm³/mol. The summed E-state index contributed by atoms with van der Waals surface area (Å²) in [5.41, 5.74) is -1.07. The normalized spacial score (nSPS) is 19.9. The van der Waals surface area contributed by atoms with E-state index in [2.05, 4.69) is 73.0 Å². The fraction of sp³-hybridized carbons (Fsp3) is 0.824. The van der Waals surface area contributed by atoms with Crippen molar-refractivity contribution in [3.8, 4) is 0 Å². The van der Waals surface area contributed by atoms with Gasteiger partial charge in [0, 0.05) is 30.5 Å². The Kier molecular flexibility index (Phi) is 14.7. The smallest absolute Gasteiger partial charge is 0.408 e. The molecule has 0 radical (unpaired) electrons. The van der Waals surface area contributed by atoms with Gasteiger partial charge in [-0.2, -0.15) is 11.8 Å². The largest absolute Gasteiger partial charge is 0.467 e. The summed E-state index contributed by atoms with van der Waals surface area (Å²) in [6.07, 6.45) is 0.570. The lowest BCUT2D eigenvalue weighted by Gasteiger charge is -2.40. The van der Waals surface area contributed by atoms with Gasteiger partial charge in [0.15, 0.2) is 16.6 Å². The van der Waals surface area contributed by atoms with E-state index in [-0.39, 0.29) is 40.1 Å². The Morgan fingerprint density at radius 3 is 2.14 bits per heavy atom. The van der Waals surface area contributed by atoms with Crippen LogP contribution in [0, 0.1) is 6.92 Å². The molecule has 1 saturated heterocycles. The van der Waals surface area contributed by atoms with Crippen LogP contribution < -0.4 is 16.6 Å². The van der Waals surface area contributed by atoms with Crippen LogP contribution in [0.25, 0.3) is 0 Å². The first-order valence-corrected chi connectivity index (χ1v) is 24.1. The highest BCUT2D eigenvalue weighted by molar-refractivity contribution is 7.99. The van der Waals surface area contributed by atoms with Gasteiger partial charge in [-0.3, -0.25) is 13.9 Å². The fourth-order valence-electron chi connectivity index (χ4n) is 4.66. The van der Waals surface area contributed by atoms with Crippen LogP contribution in [0.3, 0.4) is 0 Å². The summed E-state index contributed by atoms with van der Waals surface area (Å²) in [5, 5.41) is 2.57. The van der Waals surface area contributed by atoms with Crippen LogP contribution >= 0.6 is 11.8 Å². The van der Waals surface area contributed by atoms with Crippen LogP contribution in [0.15, 0.2) is 15.8 Å². The number of aromatic nitrogens is 2. The Morgan fingerprint density at radius 2 is 1.61 bits per heavy atom. The van der Waals surface area contributed by atoms with Gasteiger partial charge in [0.2, 0.25) is 0 Å². The molecule has 1 aliphatic rings. The molecule has 49 heavy (non-hydrogen) atoms. The van der Waals surface area contributed by atoms with Crippen LogP contribution in [0.5, 0.6) is 0 Å². The molecular weight excluding hydrogens is 683 g/mol. The second-order valence-corrected chi connectivity index (χ2v) is 27.7. The molecule has 1 fully saturated rings. The molecule has 0 aromatic carbocycles. The molecule has 4 atom stereocenters. The van der Waals surface area contributed by atoms with Crippen molar-refractivity contribution >= 4 is 40.5 Å². The SMILES string of the molecule is COC(=O)[C@H](CSCCCn1c(=O)c(C)cn([C@H]2C[C@H](O[Si](C)(C)C(C)(C)C)[C@@H](CO[Si](C)(C)C(C)(C)C)O2)c1=O)NC(=O)OC(C)(C)C. The highest BCUT2D eigenvalue weighted by Gasteiger charge is 2.47. The Balaban J connectivity index is 2.23. The lowest BCUT2D eigenvalue weighted by atomic mass is 10.2. The lowest BCUT2D eigenvalue weighted by molar-refractivity contribution is -0.142. The van der Waals surface area contributed by atoms with E-state index in [0.717, 1.165) is 0 Å². The van der Waals surface area contributed by atoms with Crippen LogP contribution in [-0.2, 0) is 34.4 Å². The molecule has 0 unspecified atom stereocenters. The number of methoxy groups -OCH3 is 1. The Morgan fingerprint density at radius 1 is 1.02 bits per heavy atom. The van der Waals surface area contributed by atoms with Crippen molar-refractivity contribution in [1.82, 2.24) is 14.5 Å². The lowest BCUT2D eigenvalue weighted by Crippen LogP contribution is -2.48. The number of carbonyl (C=O) groups excluding carboxylic acids is 2. The molecule has 1 aromatic heterocycles. The average molecular weight is 746 g/mol. The molecule has 1 amide bonds. The number of rotatable bonds is 14. The van der Waals surface area contributed by atoms with Crippen molar-refractivity contribution in [2.24, 2.45) is 0 Å². The summed E-state index contributed by atoms with van der Waals surface area (Å²) in [7, 11) is -3.02. The monoisotopic (exact) mass is 745 g/mol. The molecule has 2 rings (SSSR count). The summed E-state index contributed by atoms with van der Waals surface area (Å²) in [6, 6.07) is -0.904. The Bertz CT molecular complexity index is 1410. The maximum absolute atomic E-state index is 13.8. The summed E-state index contributed by atoms with van der Waals surface area (Å²) in [6.45, 7) is 29.5. The summed E-state index contributed by atoms with van der Waals surface area (Å²) in [4.78, 5) is 51.5. The van der Waals surface area contributed by atoms with Gasteiger partial charge in [0.05, 0.1) is 19.8 Å². The number of esters is 1. The van der Waals surface area contributed by atoms with Gasteiger partial charge in [0.25, 0.3) is 5.56 Å². The molecule has 1 aromatic rings. The summed E-state index contributed by atoms with van der Waals surface area (Å²) >= 11 is 1.40. The number of nitrogens with one attached hydrogen (secondary N) is 1. The van der Waals surface area contributed by atoms with Crippen LogP contribution in [-0.4, -0.2) is 86.9 Å². The van der Waals surface area contributed by atoms with Gasteiger partial charge in [-0.25, -0.2) is 14.4 Å². The fourth-order valence-corrected chi connectivity index (χ4v) is 7.98. The second-order valence-electron chi connectivity index (χ2n) is 17.0. The average Bonchev–Trinajstić information content (AvgIpc) is 3.33. The number of alkyl carbamates (subject to hydrolysis) is 1. The van der Waals surface area contributed by atoms with Crippen molar-refractivity contribution in [2.45, 2.75) is 155 Å². The molecule has 1 N–H and O–H groups in total. The molecule has 0 bridgehead atoms. The van der Waals surface area contributed by atoms with E-state index in [0.29, 0.717) is 30.8 Å². The third-order valence-electron chi connectivity index (χ3n) is 9.66. The number of thioether (sulfide) groups is 1. The third-order valence-corrected chi connectivity index (χ3v) is 19.8. The van der Waals surface area contributed by atoms with Gasteiger partial charge in [-0.1, -0.05) is 41.5 Å². The van der Waals surface area contributed by atoms with Gasteiger partial charge in [-0.15, -0.1) is 0 Å². The second kappa shape index (κ2) is 16.6. The number of carbonyl (C=O) groups is 2. The molecule has 0 spiro atoms. The maximum atomic E-state index is 13.8. The topological polar surface area (TPSA) is 136 Å². The van der Waals surface area contributed by atoms with Crippen molar-refractivity contribution in [2.75, 3.05) is 25.2 Å². The zero-order valence-corrected chi connectivity index (χ0v) is 35.4. The number of hydrogen-bond donors (Lipinski definition) is 1. The van der Waals surface area contributed by atoms with Crippen molar-refractivity contribution < 1.29 is 32.7 Å². The highest BCUT2D eigenvalue weighted by atomic mass is 32.2. The number of hydrogen-bond acceptors (Lipinski definition) is 10. The number of amides is 1. The number of nitrogens with zero attached hydrogens (tertiary/aromatic N) is 2. The summed E-state index contributed by atoms with van der Waals surface area (Å²) < 4.78 is 32.9. The molecule has 0 aliphatic carbocycles. The van der Waals surface area contributed by atoms with Crippen LogP contribution in [0.4, 0.5) is 4.79 Å². The molecular formula is C34H63N3O9SSi2. The first kappa shape index (κ1) is 43.2. The number of aryl methyl sites for hydroxylation is 1.